The smallest absolute Gasteiger partial charge is 0.123 e. The monoisotopic (exact) mass is 400 g/mol. The van der Waals surface area contributed by atoms with Gasteiger partial charge in [-0.3, -0.25) is 0 Å². The minimum Gasteiger partial charge on any atom is -0.391 e. The maximum Gasteiger partial charge on any atom is 0.123 e. The third-order valence-electron chi connectivity index (χ3n) is 7.49. The van der Waals surface area contributed by atoms with Crippen molar-refractivity contribution in [2.45, 2.75) is 45.3 Å². The molecule has 4 nitrogen and oxygen atoms in total. The van der Waals surface area contributed by atoms with Gasteiger partial charge >= 0.3 is 0 Å². The van der Waals surface area contributed by atoms with Crippen molar-refractivity contribution >= 4 is 5.57 Å². The maximum atomic E-state index is 13.4. The molecule has 0 saturated carbocycles. The van der Waals surface area contributed by atoms with Gasteiger partial charge in [0.05, 0.1) is 13.2 Å². The van der Waals surface area contributed by atoms with E-state index in [1.54, 1.807) is 7.11 Å². The van der Waals surface area contributed by atoms with Gasteiger partial charge in [-0.1, -0.05) is 43.7 Å². The lowest BCUT2D eigenvalue weighted by atomic mass is 9.62. The number of halogens is 1. The van der Waals surface area contributed by atoms with Crippen molar-refractivity contribution in [2.24, 2.45) is 17.3 Å². The van der Waals surface area contributed by atoms with Crippen molar-refractivity contribution in [1.29, 1.82) is 0 Å². The minimum absolute atomic E-state index is 0.0559. The van der Waals surface area contributed by atoms with Crippen LogP contribution >= 0.6 is 0 Å². The van der Waals surface area contributed by atoms with Crippen LogP contribution in [0.2, 0.25) is 0 Å². The van der Waals surface area contributed by atoms with Crippen molar-refractivity contribution in [1.82, 2.24) is 10.4 Å². The van der Waals surface area contributed by atoms with Crippen molar-refractivity contribution in [3.8, 4) is 0 Å². The topological polar surface area (TPSA) is 44.7 Å². The fourth-order valence-corrected chi connectivity index (χ4v) is 5.87. The second kappa shape index (κ2) is 7.62. The Hall–Kier alpha value is -1.53. The van der Waals surface area contributed by atoms with E-state index in [1.807, 2.05) is 17.2 Å². The molecule has 4 rings (SSSR count). The highest BCUT2D eigenvalue weighted by atomic mass is 19.1. The molecule has 0 amide bonds. The van der Waals surface area contributed by atoms with Crippen LogP contribution in [0.1, 0.15) is 39.2 Å². The van der Waals surface area contributed by atoms with Gasteiger partial charge in [0.1, 0.15) is 5.82 Å². The Kier molecular flexibility index (Phi) is 5.45. The fraction of sp³-hybridized carbons (Fsp3) is 0.583. The van der Waals surface area contributed by atoms with Gasteiger partial charge < -0.3 is 15.3 Å². The molecule has 3 atom stereocenters. The Morgan fingerprint density at radius 2 is 1.83 bits per heavy atom. The number of aliphatic hydroxyl groups is 1. The third-order valence-corrected chi connectivity index (χ3v) is 7.49. The number of allylic oxidation sites excluding steroid dienone is 4. The van der Waals surface area contributed by atoms with Gasteiger partial charge in [-0.2, -0.15) is 5.06 Å². The Labute approximate surface area is 173 Å². The van der Waals surface area contributed by atoms with Crippen molar-refractivity contribution in [3.63, 3.8) is 0 Å². The molecule has 2 heterocycles. The molecule has 0 aromatic heterocycles. The van der Waals surface area contributed by atoms with Gasteiger partial charge in [0, 0.05) is 31.1 Å². The first-order chi connectivity index (χ1) is 13.8. The summed E-state index contributed by atoms with van der Waals surface area (Å²) >= 11 is 0. The normalized spacial score (nSPS) is 31.6. The summed E-state index contributed by atoms with van der Waals surface area (Å²) in [7, 11) is 1.71. The van der Waals surface area contributed by atoms with Crippen LogP contribution in [-0.2, 0) is 4.84 Å². The molecule has 158 valence electrons. The molecular weight excluding hydrogens is 367 g/mol. The predicted molar refractivity (Wildman–Crippen MR) is 113 cm³/mol. The van der Waals surface area contributed by atoms with Crippen LogP contribution in [0.25, 0.3) is 5.57 Å². The number of benzene rings is 1. The van der Waals surface area contributed by atoms with Crippen LogP contribution in [0.15, 0.2) is 42.0 Å². The van der Waals surface area contributed by atoms with E-state index in [0.29, 0.717) is 0 Å². The first kappa shape index (κ1) is 20.7. The predicted octanol–water partition coefficient (Wildman–Crippen LogP) is 3.79. The zero-order chi connectivity index (χ0) is 20.8. The summed E-state index contributed by atoms with van der Waals surface area (Å²) in [6.07, 6.45) is 5.79. The average Bonchev–Trinajstić information content (AvgIpc) is 2.99. The van der Waals surface area contributed by atoms with Crippen LogP contribution in [0.4, 0.5) is 4.39 Å². The molecule has 2 N–H and O–H groups in total. The number of aliphatic hydroxyl groups excluding tert-OH is 1. The number of nitrogens with one attached hydrogen (secondary N) is 1. The van der Waals surface area contributed by atoms with Crippen LogP contribution in [0, 0.1) is 23.1 Å². The van der Waals surface area contributed by atoms with Gasteiger partial charge in [0.15, 0.2) is 0 Å². The summed E-state index contributed by atoms with van der Waals surface area (Å²) < 4.78 is 13.4. The molecule has 0 bridgehead atoms. The lowest BCUT2D eigenvalue weighted by Gasteiger charge is -2.45. The van der Waals surface area contributed by atoms with Crippen molar-refractivity contribution in [3.05, 3.63) is 53.4 Å². The van der Waals surface area contributed by atoms with E-state index < -0.39 is 6.10 Å². The van der Waals surface area contributed by atoms with E-state index in [0.717, 1.165) is 43.6 Å². The third kappa shape index (κ3) is 3.59. The van der Waals surface area contributed by atoms with E-state index >= 15 is 0 Å². The Morgan fingerprint density at radius 3 is 2.45 bits per heavy atom. The summed E-state index contributed by atoms with van der Waals surface area (Å²) in [6.45, 7) is 9.16. The standard InChI is InChI=1S/C24H33FN2O2/c1-16-19(17-5-7-18(25)8-6-17)9-10-23(2,3)21(16)20-15-26-24(22(20)28)11-13-27(29-4)14-12-24/h5-10,20-22,26,28H,11-15H2,1-4H3. The number of hydroxylamine groups is 2. The van der Waals surface area contributed by atoms with E-state index in [2.05, 4.69) is 38.2 Å². The highest BCUT2D eigenvalue weighted by Gasteiger charge is 2.53. The number of hydrogen-bond donors (Lipinski definition) is 2. The molecule has 1 spiro atoms. The largest absolute Gasteiger partial charge is 0.391 e. The molecule has 1 aromatic rings. The Morgan fingerprint density at radius 1 is 1.17 bits per heavy atom. The molecule has 5 heteroatoms. The molecule has 1 aliphatic carbocycles. The van der Waals surface area contributed by atoms with Gasteiger partial charge in [-0.15, -0.1) is 0 Å². The molecule has 0 radical (unpaired) electrons. The molecular formula is C24H33FN2O2. The zero-order valence-corrected chi connectivity index (χ0v) is 17.9. The summed E-state index contributed by atoms with van der Waals surface area (Å²) in [5.41, 5.74) is 3.18. The Bertz CT molecular complexity index is 807. The van der Waals surface area contributed by atoms with Gasteiger partial charge in [0.2, 0.25) is 0 Å². The first-order valence-electron chi connectivity index (χ1n) is 10.7. The average molecular weight is 401 g/mol. The van der Waals surface area contributed by atoms with Crippen molar-refractivity contribution < 1.29 is 14.3 Å². The second-order valence-corrected chi connectivity index (χ2v) is 9.49. The number of rotatable bonds is 3. The molecule has 2 saturated heterocycles. The quantitative estimate of drug-likeness (QED) is 0.810. The fourth-order valence-electron chi connectivity index (χ4n) is 5.87. The molecule has 1 aromatic carbocycles. The molecule has 3 unspecified atom stereocenters. The number of piperidine rings is 1. The van der Waals surface area contributed by atoms with Crippen molar-refractivity contribution in [2.75, 3.05) is 26.7 Å². The molecule has 2 fully saturated rings. The van der Waals surface area contributed by atoms with E-state index in [1.165, 1.54) is 17.7 Å². The van der Waals surface area contributed by atoms with Gasteiger partial charge in [-0.05, 0) is 54.4 Å². The van der Waals surface area contributed by atoms with E-state index in [4.69, 9.17) is 4.84 Å². The highest BCUT2D eigenvalue weighted by molar-refractivity contribution is 5.78. The van der Waals surface area contributed by atoms with Crippen LogP contribution < -0.4 is 5.32 Å². The summed E-state index contributed by atoms with van der Waals surface area (Å²) in [5.74, 6) is 0.137. The molecule has 29 heavy (non-hydrogen) atoms. The van der Waals surface area contributed by atoms with E-state index in [-0.39, 0.29) is 28.6 Å². The SMILES string of the molecule is CON1CCC2(CC1)NCC(C1C(C)=C(c3ccc(F)cc3)C=CC1(C)C)C2O. The van der Waals surface area contributed by atoms with Gasteiger partial charge in [0.25, 0.3) is 0 Å². The van der Waals surface area contributed by atoms with E-state index in [9.17, 15) is 9.50 Å². The van der Waals surface area contributed by atoms with Gasteiger partial charge in [-0.25, -0.2) is 4.39 Å². The number of hydrogen-bond acceptors (Lipinski definition) is 4. The first-order valence-corrected chi connectivity index (χ1v) is 10.7. The second-order valence-electron chi connectivity index (χ2n) is 9.49. The number of nitrogens with zero attached hydrogens (tertiary/aromatic N) is 1. The lowest BCUT2D eigenvalue weighted by molar-refractivity contribution is -0.159. The molecule has 2 aliphatic heterocycles. The van der Waals surface area contributed by atoms with Crippen LogP contribution in [0.3, 0.4) is 0 Å². The van der Waals surface area contributed by atoms with Crippen LogP contribution in [0.5, 0.6) is 0 Å². The van der Waals surface area contributed by atoms with Crippen LogP contribution in [-0.4, -0.2) is 48.6 Å². The lowest BCUT2D eigenvalue weighted by Crippen LogP contribution is -2.56. The Balaban J connectivity index is 1.64. The summed E-state index contributed by atoms with van der Waals surface area (Å²) in [5, 5.41) is 17.2. The zero-order valence-electron chi connectivity index (χ0n) is 17.9. The summed E-state index contributed by atoms with van der Waals surface area (Å²) in [6, 6.07) is 6.73. The maximum absolute atomic E-state index is 13.4. The summed E-state index contributed by atoms with van der Waals surface area (Å²) in [4.78, 5) is 5.37. The highest BCUT2D eigenvalue weighted by Crippen LogP contribution is 2.50. The minimum atomic E-state index is -0.401. The molecule has 3 aliphatic rings.